The van der Waals surface area contributed by atoms with Crippen molar-refractivity contribution in [2.24, 2.45) is 0 Å². The Balaban J connectivity index is 2.46. The molecule has 100 valence electrons. The summed E-state index contributed by atoms with van der Waals surface area (Å²) in [6.45, 7) is 0. The molecule has 0 aliphatic heterocycles. The Morgan fingerprint density at radius 2 is 1.10 bits per heavy atom. The number of hydrogen-bond acceptors (Lipinski definition) is 2. The number of rotatable bonds is 0. The van der Waals surface area contributed by atoms with Crippen molar-refractivity contribution in [2.45, 2.75) is 0 Å². The van der Waals surface area contributed by atoms with Crippen molar-refractivity contribution in [1.29, 1.82) is 0 Å². The third-order valence-electron chi connectivity index (χ3n) is 3.14. The SMILES string of the molecule is O=C1c2ccccc2C(=O)c2c(Cl)c(F)c(F)c(Cl)c21. The Kier molecular flexibility index (Phi) is 2.88. The summed E-state index contributed by atoms with van der Waals surface area (Å²) in [5, 5.41) is -1.45. The van der Waals surface area contributed by atoms with Gasteiger partial charge in [0.1, 0.15) is 0 Å². The molecule has 0 radical (unpaired) electrons. The maximum Gasteiger partial charge on any atom is 0.196 e. The highest BCUT2D eigenvalue weighted by Crippen LogP contribution is 2.39. The molecule has 20 heavy (non-hydrogen) atoms. The highest BCUT2D eigenvalue weighted by molar-refractivity contribution is 6.43. The molecule has 0 bridgehead atoms. The first kappa shape index (κ1) is 13.2. The van der Waals surface area contributed by atoms with Crippen LogP contribution in [0.25, 0.3) is 0 Å². The predicted octanol–water partition coefficient (Wildman–Crippen LogP) is 4.05. The van der Waals surface area contributed by atoms with Crippen molar-refractivity contribution in [3.8, 4) is 0 Å². The van der Waals surface area contributed by atoms with E-state index >= 15 is 0 Å². The van der Waals surface area contributed by atoms with Crippen LogP contribution in [0.4, 0.5) is 8.78 Å². The average Bonchev–Trinajstić information content (AvgIpc) is 2.46. The molecule has 0 spiro atoms. The van der Waals surface area contributed by atoms with Crippen molar-refractivity contribution in [2.75, 3.05) is 0 Å². The van der Waals surface area contributed by atoms with Crippen LogP contribution in [0.15, 0.2) is 24.3 Å². The Hall–Kier alpha value is -1.78. The average molecular weight is 313 g/mol. The first-order chi connectivity index (χ1) is 9.45. The van der Waals surface area contributed by atoms with E-state index in [2.05, 4.69) is 0 Å². The van der Waals surface area contributed by atoms with Crippen LogP contribution in [-0.4, -0.2) is 11.6 Å². The van der Waals surface area contributed by atoms with E-state index in [1.165, 1.54) is 12.1 Å². The van der Waals surface area contributed by atoms with Crippen LogP contribution in [0.2, 0.25) is 10.0 Å². The molecule has 0 N–H and O–H groups in total. The van der Waals surface area contributed by atoms with E-state index in [9.17, 15) is 18.4 Å². The van der Waals surface area contributed by atoms with Gasteiger partial charge in [-0.1, -0.05) is 47.5 Å². The second kappa shape index (κ2) is 4.36. The number of benzene rings is 2. The maximum atomic E-state index is 13.6. The van der Waals surface area contributed by atoms with Crippen LogP contribution in [0.1, 0.15) is 31.8 Å². The Labute approximate surface area is 121 Å². The van der Waals surface area contributed by atoms with Gasteiger partial charge in [0.05, 0.1) is 21.2 Å². The first-order valence-corrected chi connectivity index (χ1v) is 6.25. The minimum atomic E-state index is -1.43. The van der Waals surface area contributed by atoms with E-state index in [-0.39, 0.29) is 22.3 Å². The van der Waals surface area contributed by atoms with E-state index in [4.69, 9.17) is 23.2 Å². The van der Waals surface area contributed by atoms with Crippen LogP contribution in [0.3, 0.4) is 0 Å². The van der Waals surface area contributed by atoms with Gasteiger partial charge in [-0.3, -0.25) is 9.59 Å². The molecule has 2 nitrogen and oxygen atoms in total. The number of ketones is 2. The molecule has 3 rings (SSSR count). The lowest BCUT2D eigenvalue weighted by Gasteiger charge is -2.20. The lowest BCUT2D eigenvalue weighted by molar-refractivity contribution is 0.0978. The van der Waals surface area contributed by atoms with Crippen LogP contribution >= 0.6 is 23.2 Å². The Morgan fingerprint density at radius 1 is 0.750 bits per heavy atom. The number of halogens is 4. The maximum absolute atomic E-state index is 13.6. The van der Waals surface area contributed by atoms with Crippen LogP contribution in [0.5, 0.6) is 0 Å². The zero-order valence-corrected chi connectivity index (χ0v) is 11.1. The highest BCUT2D eigenvalue weighted by Gasteiger charge is 2.36. The molecule has 0 unspecified atom stereocenters. The predicted molar refractivity (Wildman–Crippen MR) is 69.7 cm³/mol. The molecule has 2 aromatic carbocycles. The molecule has 0 atom stereocenters. The molecule has 0 saturated heterocycles. The topological polar surface area (TPSA) is 34.1 Å². The van der Waals surface area contributed by atoms with Crippen molar-refractivity contribution >= 4 is 34.8 Å². The van der Waals surface area contributed by atoms with Gasteiger partial charge in [0.2, 0.25) is 0 Å². The lowest BCUT2D eigenvalue weighted by atomic mass is 9.84. The summed E-state index contributed by atoms with van der Waals surface area (Å²) in [5.41, 5.74) is -0.596. The molecular formula is C14H4Cl2F2O2. The van der Waals surface area contributed by atoms with Gasteiger partial charge in [0.25, 0.3) is 0 Å². The molecule has 1 aliphatic rings. The van der Waals surface area contributed by atoms with Gasteiger partial charge < -0.3 is 0 Å². The molecule has 0 fully saturated rings. The summed E-state index contributed by atoms with van der Waals surface area (Å²) in [4.78, 5) is 24.6. The van der Waals surface area contributed by atoms with E-state index in [0.717, 1.165) is 0 Å². The summed E-state index contributed by atoms with van der Waals surface area (Å²) in [6, 6.07) is 5.96. The first-order valence-electron chi connectivity index (χ1n) is 5.49. The largest absolute Gasteiger partial charge is 0.289 e. The third-order valence-corrected chi connectivity index (χ3v) is 3.85. The van der Waals surface area contributed by atoms with Crippen molar-refractivity contribution < 1.29 is 18.4 Å². The molecule has 2 aromatic rings. The summed E-state index contributed by atoms with van der Waals surface area (Å²) < 4.78 is 27.2. The molecule has 0 heterocycles. The standard InChI is InChI=1S/C14H4Cl2F2O2/c15-9-7-8(10(16)12(18)11(9)17)14(20)6-4-2-1-3-5(6)13(7)19/h1-4H. The van der Waals surface area contributed by atoms with E-state index in [0.29, 0.717) is 0 Å². The van der Waals surface area contributed by atoms with E-state index in [1.54, 1.807) is 12.1 Å². The summed E-state index contributed by atoms with van der Waals surface area (Å²) in [5.74, 6) is -4.17. The van der Waals surface area contributed by atoms with Gasteiger partial charge in [0, 0.05) is 11.1 Å². The van der Waals surface area contributed by atoms with Gasteiger partial charge in [-0.05, 0) is 0 Å². The minimum Gasteiger partial charge on any atom is -0.289 e. The Bertz CT molecular complexity index is 734. The van der Waals surface area contributed by atoms with Gasteiger partial charge in [-0.15, -0.1) is 0 Å². The fourth-order valence-corrected chi connectivity index (χ4v) is 2.73. The van der Waals surface area contributed by atoms with Crippen molar-refractivity contribution in [3.63, 3.8) is 0 Å². The molecule has 0 amide bonds. The summed E-state index contributed by atoms with van der Waals surface area (Å²) in [6.07, 6.45) is 0. The fourth-order valence-electron chi connectivity index (χ4n) is 2.21. The summed E-state index contributed by atoms with van der Waals surface area (Å²) >= 11 is 11.3. The zero-order chi connectivity index (χ0) is 14.6. The number of fused-ring (bicyclic) bond motifs is 2. The third kappa shape index (κ3) is 1.55. The summed E-state index contributed by atoms with van der Waals surface area (Å²) in [7, 11) is 0. The van der Waals surface area contributed by atoms with Crippen LogP contribution in [0, 0.1) is 11.6 Å². The van der Waals surface area contributed by atoms with Gasteiger partial charge in [-0.2, -0.15) is 0 Å². The smallest absolute Gasteiger partial charge is 0.196 e. The normalized spacial score (nSPS) is 13.2. The molecule has 1 aliphatic carbocycles. The number of hydrogen-bond donors (Lipinski definition) is 0. The fraction of sp³-hybridized carbons (Fsp3) is 0. The van der Waals surface area contributed by atoms with E-state index in [1.807, 2.05) is 0 Å². The van der Waals surface area contributed by atoms with Crippen molar-refractivity contribution in [1.82, 2.24) is 0 Å². The van der Waals surface area contributed by atoms with E-state index < -0.39 is 33.2 Å². The van der Waals surface area contributed by atoms with Crippen LogP contribution < -0.4 is 0 Å². The highest BCUT2D eigenvalue weighted by atomic mass is 35.5. The van der Waals surface area contributed by atoms with Crippen LogP contribution in [-0.2, 0) is 0 Å². The second-order valence-electron chi connectivity index (χ2n) is 4.21. The van der Waals surface area contributed by atoms with Gasteiger partial charge >= 0.3 is 0 Å². The van der Waals surface area contributed by atoms with Crippen molar-refractivity contribution in [3.05, 3.63) is 68.2 Å². The van der Waals surface area contributed by atoms with Gasteiger partial charge in [-0.25, -0.2) is 8.78 Å². The lowest BCUT2D eigenvalue weighted by Crippen LogP contribution is -2.23. The zero-order valence-electron chi connectivity index (χ0n) is 9.64. The second-order valence-corrected chi connectivity index (χ2v) is 4.97. The molecule has 6 heteroatoms. The minimum absolute atomic E-state index is 0.0916. The quantitative estimate of drug-likeness (QED) is 0.463. The molecular weight excluding hydrogens is 309 g/mol. The molecule has 0 aromatic heterocycles. The molecule has 0 saturated carbocycles. The monoisotopic (exact) mass is 312 g/mol. The Morgan fingerprint density at radius 3 is 1.45 bits per heavy atom. The number of carbonyl (C=O) groups excluding carboxylic acids is 2. The van der Waals surface area contributed by atoms with Gasteiger partial charge in [0.15, 0.2) is 23.2 Å². The number of carbonyl (C=O) groups is 2.